The van der Waals surface area contributed by atoms with Gasteiger partial charge < -0.3 is 13.6 Å². The molecule has 0 bridgehead atoms. The molecule has 1 atom stereocenters. The molecule has 0 fully saturated rings. The quantitative estimate of drug-likeness (QED) is 0.442. The van der Waals surface area contributed by atoms with Gasteiger partial charge in [0.15, 0.2) is 8.32 Å². The molecule has 0 aliphatic rings. The molecule has 118 valence electrons. The highest BCUT2D eigenvalue weighted by atomic mass is 28.4. The molecule has 0 saturated heterocycles. The first-order valence-corrected chi connectivity index (χ1v) is 10.1. The van der Waals surface area contributed by atoms with Crippen LogP contribution in [0, 0.1) is 0 Å². The van der Waals surface area contributed by atoms with E-state index < -0.39 is 20.4 Å². The Kier molecular flexibility index (Phi) is 5.59. The van der Waals surface area contributed by atoms with Crippen molar-refractivity contribution < 1.29 is 18.4 Å². The van der Waals surface area contributed by atoms with E-state index in [1.54, 1.807) is 25.5 Å². The molecule has 0 amide bonds. The third-order valence-corrected chi connectivity index (χ3v) is 8.36. The van der Waals surface area contributed by atoms with Crippen LogP contribution in [-0.2, 0) is 14.0 Å². The Labute approximate surface area is 128 Å². The van der Waals surface area contributed by atoms with Crippen molar-refractivity contribution in [3.63, 3.8) is 0 Å². The number of esters is 1. The van der Waals surface area contributed by atoms with Gasteiger partial charge in [-0.25, -0.2) is 4.79 Å². The standard InChI is InChI=1S/C16H26O4Si/c1-8-19-15(17)12(2)14(13-9-10-18-11-13)20-21(6,7)16(3,4)5/h9-11,14H,2,8H2,1,3-7H3/t14-/m1/s1. The summed E-state index contributed by atoms with van der Waals surface area (Å²) in [5.74, 6) is -0.428. The lowest BCUT2D eigenvalue weighted by Gasteiger charge is -2.39. The van der Waals surface area contributed by atoms with Crippen molar-refractivity contribution in [3.05, 3.63) is 36.3 Å². The van der Waals surface area contributed by atoms with Gasteiger partial charge in [-0.3, -0.25) is 0 Å². The van der Waals surface area contributed by atoms with E-state index in [4.69, 9.17) is 13.6 Å². The van der Waals surface area contributed by atoms with Gasteiger partial charge in [-0.05, 0) is 31.1 Å². The SMILES string of the molecule is C=C(C(=O)OCC)[C@@H](O[Si](C)(C)C(C)(C)C)c1ccoc1. The highest BCUT2D eigenvalue weighted by molar-refractivity contribution is 6.74. The maximum absolute atomic E-state index is 12.0. The molecular weight excluding hydrogens is 284 g/mol. The summed E-state index contributed by atoms with van der Waals surface area (Å²) in [5.41, 5.74) is 1.10. The minimum Gasteiger partial charge on any atom is -0.472 e. The van der Waals surface area contributed by atoms with Crippen LogP contribution in [0.3, 0.4) is 0 Å². The lowest BCUT2D eigenvalue weighted by Crippen LogP contribution is -2.42. The Morgan fingerprint density at radius 3 is 2.48 bits per heavy atom. The molecule has 0 N–H and O–H groups in total. The zero-order valence-electron chi connectivity index (χ0n) is 13.9. The number of carbonyl (C=O) groups excluding carboxylic acids is 1. The summed E-state index contributed by atoms with van der Waals surface area (Å²) in [6, 6.07) is 1.79. The van der Waals surface area contributed by atoms with E-state index in [1.807, 2.05) is 0 Å². The van der Waals surface area contributed by atoms with Gasteiger partial charge in [0.05, 0.1) is 24.7 Å². The Balaban J connectivity index is 3.06. The summed E-state index contributed by atoms with van der Waals surface area (Å²) in [5, 5.41) is 0.0317. The molecule has 4 nitrogen and oxygen atoms in total. The molecule has 21 heavy (non-hydrogen) atoms. The average Bonchev–Trinajstić information content (AvgIpc) is 2.87. The van der Waals surface area contributed by atoms with E-state index in [2.05, 4.69) is 40.4 Å². The second kappa shape index (κ2) is 6.62. The van der Waals surface area contributed by atoms with E-state index in [0.717, 1.165) is 5.56 Å². The lowest BCUT2D eigenvalue weighted by molar-refractivity contribution is -0.139. The molecule has 1 heterocycles. The highest BCUT2D eigenvalue weighted by Gasteiger charge is 2.41. The smallest absolute Gasteiger partial charge is 0.336 e. The first kappa shape index (κ1) is 17.7. The van der Waals surface area contributed by atoms with Crippen molar-refractivity contribution in [2.24, 2.45) is 0 Å². The molecule has 1 rings (SSSR count). The summed E-state index contributed by atoms with van der Waals surface area (Å²) < 4.78 is 16.5. The number of ether oxygens (including phenoxy) is 1. The van der Waals surface area contributed by atoms with Gasteiger partial charge in [-0.1, -0.05) is 27.4 Å². The van der Waals surface area contributed by atoms with Gasteiger partial charge in [0.2, 0.25) is 0 Å². The fourth-order valence-corrected chi connectivity index (χ4v) is 2.79. The third kappa shape index (κ3) is 4.31. The lowest BCUT2D eigenvalue weighted by atomic mass is 10.1. The van der Waals surface area contributed by atoms with E-state index in [-0.39, 0.29) is 5.04 Å². The normalized spacial score (nSPS) is 13.8. The van der Waals surface area contributed by atoms with Gasteiger partial charge in [0.1, 0.15) is 6.10 Å². The van der Waals surface area contributed by atoms with Crippen molar-refractivity contribution in [1.29, 1.82) is 0 Å². The molecule has 1 aromatic heterocycles. The largest absolute Gasteiger partial charge is 0.472 e. The summed E-state index contributed by atoms with van der Waals surface area (Å²) in [6.07, 6.45) is 2.63. The Bertz CT molecular complexity index is 483. The average molecular weight is 310 g/mol. The van der Waals surface area contributed by atoms with E-state index >= 15 is 0 Å². The Morgan fingerprint density at radius 2 is 2.05 bits per heavy atom. The van der Waals surface area contributed by atoms with Crippen molar-refractivity contribution in [2.45, 2.75) is 51.9 Å². The molecule has 0 aliphatic carbocycles. The van der Waals surface area contributed by atoms with Crippen LogP contribution in [0.25, 0.3) is 0 Å². The van der Waals surface area contributed by atoms with Crippen molar-refractivity contribution >= 4 is 14.3 Å². The van der Waals surface area contributed by atoms with Gasteiger partial charge in [0, 0.05) is 5.56 Å². The van der Waals surface area contributed by atoms with Gasteiger partial charge in [0.25, 0.3) is 0 Å². The van der Waals surface area contributed by atoms with Crippen LogP contribution in [0.4, 0.5) is 0 Å². The fraction of sp³-hybridized carbons (Fsp3) is 0.562. The van der Waals surface area contributed by atoms with Crippen molar-refractivity contribution in [1.82, 2.24) is 0 Å². The second-order valence-electron chi connectivity index (χ2n) is 6.56. The first-order chi connectivity index (χ1) is 9.60. The van der Waals surface area contributed by atoms with E-state index in [1.165, 1.54) is 0 Å². The summed E-state index contributed by atoms with van der Waals surface area (Å²) in [4.78, 5) is 12.0. The summed E-state index contributed by atoms with van der Waals surface area (Å²) >= 11 is 0. The zero-order valence-corrected chi connectivity index (χ0v) is 14.9. The highest BCUT2D eigenvalue weighted by Crippen LogP contribution is 2.41. The van der Waals surface area contributed by atoms with Crippen LogP contribution in [0.2, 0.25) is 18.1 Å². The maximum atomic E-state index is 12.0. The van der Waals surface area contributed by atoms with E-state index in [0.29, 0.717) is 12.2 Å². The number of furan rings is 1. The minimum atomic E-state index is -2.07. The predicted molar refractivity (Wildman–Crippen MR) is 85.5 cm³/mol. The third-order valence-electron chi connectivity index (χ3n) is 3.92. The molecule has 1 aromatic rings. The van der Waals surface area contributed by atoms with Crippen LogP contribution in [0.5, 0.6) is 0 Å². The van der Waals surface area contributed by atoms with Gasteiger partial charge in [-0.15, -0.1) is 0 Å². The molecule has 5 heteroatoms. The molecule has 0 spiro atoms. The molecule has 0 saturated carbocycles. The van der Waals surface area contributed by atoms with Crippen molar-refractivity contribution in [2.75, 3.05) is 6.61 Å². The van der Waals surface area contributed by atoms with Gasteiger partial charge in [-0.2, -0.15) is 0 Å². The Hall–Kier alpha value is -1.33. The number of hydrogen-bond donors (Lipinski definition) is 0. The topological polar surface area (TPSA) is 48.7 Å². The van der Waals surface area contributed by atoms with Crippen LogP contribution in [-0.4, -0.2) is 20.9 Å². The van der Waals surface area contributed by atoms with Crippen LogP contribution in [0.15, 0.2) is 35.2 Å². The minimum absolute atomic E-state index is 0.0317. The zero-order chi connectivity index (χ0) is 16.3. The van der Waals surface area contributed by atoms with Crippen LogP contribution >= 0.6 is 0 Å². The second-order valence-corrected chi connectivity index (χ2v) is 11.3. The maximum Gasteiger partial charge on any atom is 0.336 e. The predicted octanol–water partition coefficient (Wildman–Crippen LogP) is 4.46. The van der Waals surface area contributed by atoms with Crippen LogP contribution in [0.1, 0.15) is 39.4 Å². The van der Waals surface area contributed by atoms with Crippen LogP contribution < -0.4 is 0 Å². The van der Waals surface area contributed by atoms with Gasteiger partial charge >= 0.3 is 5.97 Å². The Morgan fingerprint density at radius 1 is 1.43 bits per heavy atom. The number of carbonyl (C=O) groups is 1. The molecule has 0 unspecified atom stereocenters. The molecule has 0 aliphatic heterocycles. The fourth-order valence-electron chi connectivity index (χ4n) is 1.57. The number of hydrogen-bond acceptors (Lipinski definition) is 4. The molecule has 0 aromatic carbocycles. The summed E-state index contributed by atoms with van der Waals surface area (Å²) in [7, 11) is -2.07. The monoisotopic (exact) mass is 310 g/mol. The molecule has 0 radical (unpaired) electrons. The van der Waals surface area contributed by atoms with E-state index in [9.17, 15) is 4.79 Å². The number of rotatable bonds is 6. The first-order valence-electron chi connectivity index (χ1n) is 7.16. The molecular formula is C16H26O4Si. The van der Waals surface area contributed by atoms with Crippen molar-refractivity contribution in [3.8, 4) is 0 Å². The summed E-state index contributed by atoms with van der Waals surface area (Å²) in [6.45, 7) is 16.7.